The molecule has 0 bridgehead atoms. The lowest BCUT2D eigenvalue weighted by atomic mass is 10.0. The zero-order valence-electron chi connectivity index (χ0n) is 16.5. The van der Waals surface area contributed by atoms with Crippen LogP contribution in [0.4, 0.5) is 10.3 Å². The number of anilines is 1. The number of benzene rings is 1. The van der Waals surface area contributed by atoms with Crippen LogP contribution < -0.4 is 5.32 Å². The number of aryl methyl sites for hydroxylation is 1. The minimum absolute atomic E-state index is 0.0913. The van der Waals surface area contributed by atoms with E-state index in [0.29, 0.717) is 36.3 Å². The average Bonchev–Trinajstić information content (AvgIpc) is 3.33. The summed E-state index contributed by atoms with van der Waals surface area (Å²) in [4.78, 5) is 31.1. The predicted octanol–water partition coefficient (Wildman–Crippen LogP) is 3.43. The number of aromatic nitrogens is 2. The van der Waals surface area contributed by atoms with Crippen LogP contribution in [-0.2, 0) is 22.6 Å². The molecule has 8 heteroatoms. The van der Waals surface area contributed by atoms with Crippen molar-refractivity contribution in [3.05, 3.63) is 65.9 Å². The molecule has 7 nitrogen and oxygen atoms in total. The Kier molecular flexibility index (Phi) is 5.56. The van der Waals surface area contributed by atoms with Gasteiger partial charge in [0.05, 0.1) is 29.4 Å². The number of hydrogen-bond donors (Lipinski definition) is 1. The molecule has 1 fully saturated rings. The van der Waals surface area contributed by atoms with Crippen molar-refractivity contribution < 1.29 is 18.5 Å². The molecular weight excluding hydrogens is 387 g/mol. The van der Waals surface area contributed by atoms with Crippen LogP contribution in [0.5, 0.6) is 0 Å². The number of carbonyl (C=O) groups is 2. The first-order valence-corrected chi connectivity index (χ1v) is 9.78. The molecule has 2 amide bonds. The lowest BCUT2D eigenvalue weighted by molar-refractivity contribution is -0.128. The molecular formula is C22H21FN4O3. The molecule has 1 unspecified atom stereocenters. The van der Waals surface area contributed by atoms with Crippen molar-refractivity contribution >= 4 is 17.7 Å². The fraction of sp³-hybridized carbons (Fsp3) is 0.273. The third kappa shape index (κ3) is 4.07. The maximum Gasteiger partial charge on any atom is 0.239 e. The van der Waals surface area contributed by atoms with Crippen LogP contribution in [0.2, 0.25) is 0 Å². The van der Waals surface area contributed by atoms with Gasteiger partial charge in [0.2, 0.25) is 17.7 Å². The van der Waals surface area contributed by atoms with Gasteiger partial charge in [0.25, 0.3) is 0 Å². The third-order valence-corrected chi connectivity index (χ3v) is 5.13. The standard InChI is InChI=1S/C22H21FN4O3/c1-2-18-20(14-6-8-16(23)9-7-14)22(30-26-18)25-21(29)15-11-19(28)27(12-15)13-17-5-3-4-10-24-17/h3-10,15H,2,11-13H2,1H3,(H,25,29). The third-order valence-electron chi connectivity index (χ3n) is 5.13. The summed E-state index contributed by atoms with van der Waals surface area (Å²) < 4.78 is 18.7. The first-order chi connectivity index (χ1) is 14.5. The SMILES string of the molecule is CCc1noc(NC(=O)C2CC(=O)N(Cc3ccccn3)C2)c1-c1ccc(F)cc1. The van der Waals surface area contributed by atoms with Gasteiger partial charge >= 0.3 is 0 Å². The number of hydrogen-bond acceptors (Lipinski definition) is 5. The molecule has 3 aromatic rings. The Balaban J connectivity index is 1.49. The van der Waals surface area contributed by atoms with Crippen molar-refractivity contribution in [1.29, 1.82) is 0 Å². The van der Waals surface area contributed by atoms with Crippen molar-refractivity contribution in [2.24, 2.45) is 5.92 Å². The molecule has 1 aliphatic heterocycles. The van der Waals surface area contributed by atoms with Gasteiger partial charge in [0.15, 0.2) is 0 Å². The van der Waals surface area contributed by atoms with E-state index in [1.165, 1.54) is 12.1 Å². The van der Waals surface area contributed by atoms with Gasteiger partial charge in [0, 0.05) is 19.2 Å². The fourth-order valence-corrected chi connectivity index (χ4v) is 3.57. The minimum Gasteiger partial charge on any atom is -0.337 e. The van der Waals surface area contributed by atoms with Crippen LogP contribution in [0.15, 0.2) is 53.2 Å². The molecule has 2 aromatic heterocycles. The first kappa shape index (κ1) is 19.8. The topological polar surface area (TPSA) is 88.3 Å². The van der Waals surface area contributed by atoms with Crippen molar-refractivity contribution in [3.63, 3.8) is 0 Å². The number of likely N-dealkylation sites (tertiary alicyclic amines) is 1. The summed E-state index contributed by atoms with van der Waals surface area (Å²) in [7, 11) is 0. The van der Waals surface area contributed by atoms with E-state index in [-0.39, 0.29) is 29.9 Å². The minimum atomic E-state index is -0.502. The van der Waals surface area contributed by atoms with Gasteiger partial charge in [-0.05, 0) is 36.2 Å². The number of nitrogens with zero attached hydrogens (tertiary/aromatic N) is 3. The van der Waals surface area contributed by atoms with Crippen LogP contribution in [0.25, 0.3) is 11.1 Å². The highest BCUT2D eigenvalue weighted by Gasteiger charge is 2.35. The number of nitrogens with one attached hydrogen (secondary N) is 1. The van der Waals surface area contributed by atoms with Crippen molar-refractivity contribution in [2.45, 2.75) is 26.3 Å². The summed E-state index contributed by atoms with van der Waals surface area (Å²) in [6.07, 6.45) is 2.39. The molecule has 1 aliphatic rings. The molecule has 154 valence electrons. The zero-order chi connectivity index (χ0) is 21.1. The Morgan fingerprint density at radius 2 is 2.07 bits per heavy atom. The quantitative estimate of drug-likeness (QED) is 0.675. The van der Waals surface area contributed by atoms with E-state index in [0.717, 1.165) is 5.69 Å². The number of pyridine rings is 1. The average molecular weight is 408 g/mol. The molecule has 30 heavy (non-hydrogen) atoms. The molecule has 1 aromatic carbocycles. The highest BCUT2D eigenvalue weighted by Crippen LogP contribution is 2.33. The number of amides is 2. The van der Waals surface area contributed by atoms with E-state index >= 15 is 0 Å². The summed E-state index contributed by atoms with van der Waals surface area (Å²) in [6, 6.07) is 11.4. The summed E-state index contributed by atoms with van der Waals surface area (Å²) >= 11 is 0. The molecule has 0 spiro atoms. The molecule has 1 atom stereocenters. The summed E-state index contributed by atoms with van der Waals surface area (Å²) in [6.45, 7) is 2.59. The van der Waals surface area contributed by atoms with Gasteiger partial charge in [-0.15, -0.1) is 0 Å². The molecule has 1 saturated heterocycles. The van der Waals surface area contributed by atoms with E-state index in [9.17, 15) is 14.0 Å². The number of carbonyl (C=O) groups excluding carboxylic acids is 2. The molecule has 4 rings (SSSR count). The lowest BCUT2D eigenvalue weighted by Gasteiger charge is -2.15. The van der Waals surface area contributed by atoms with E-state index in [4.69, 9.17) is 4.52 Å². The van der Waals surface area contributed by atoms with E-state index in [1.807, 2.05) is 25.1 Å². The maximum absolute atomic E-state index is 13.3. The monoisotopic (exact) mass is 408 g/mol. The molecule has 0 saturated carbocycles. The van der Waals surface area contributed by atoms with Gasteiger partial charge in [-0.3, -0.25) is 19.9 Å². The van der Waals surface area contributed by atoms with Crippen LogP contribution >= 0.6 is 0 Å². The largest absolute Gasteiger partial charge is 0.337 e. The Labute approximate surface area is 172 Å². The van der Waals surface area contributed by atoms with E-state index < -0.39 is 5.92 Å². The fourth-order valence-electron chi connectivity index (χ4n) is 3.57. The Bertz CT molecular complexity index is 1050. The van der Waals surface area contributed by atoms with E-state index in [2.05, 4.69) is 15.5 Å². The number of halogens is 1. The summed E-state index contributed by atoms with van der Waals surface area (Å²) in [5.74, 6) is -1.05. The highest BCUT2D eigenvalue weighted by molar-refractivity contribution is 5.98. The van der Waals surface area contributed by atoms with Gasteiger partial charge in [-0.2, -0.15) is 0 Å². The van der Waals surface area contributed by atoms with Crippen LogP contribution in [0, 0.1) is 11.7 Å². The van der Waals surface area contributed by atoms with Crippen molar-refractivity contribution in [2.75, 3.05) is 11.9 Å². The molecule has 1 N–H and O–H groups in total. The highest BCUT2D eigenvalue weighted by atomic mass is 19.1. The normalized spacial score (nSPS) is 16.1. The van der Waals surface area contributed by atoms with Gasteiger partial charge in [-0.25, -0.2) is 4.39 Å². The number of rotatable bonds is 6. The Hall–Kier alpha value is -3.55. The Morgan fingerprint density at radius 1 is 1.27 bits per heavy atom. The van der Waals surface area contributed by atoms with Crippen molar-refractivity contribution in [1.82, 2.24) is 15.0 Å². The van der Waals surface area contributed by atoms with Crippen LogP contribution in [-0.4, -0.2) is 33.4 Å². The summed E-state index contributed by atoms with van der Waals surface area (Å²) in [5.41, 5.74) is 2.76. The van der Waals surface area contributed by atoms with Crippen molar-refractivity contribution in [3.8, 4) is 11.1 Å². The molecule has 0 radical (unpaired) electrons. The van der Waals surface area contributed by atoms with Gasteiger partial charge in [-0.1, -0.05) is 30.3 Å². The van der Waals surface area contributed by atoms with Gasteiger partial charge < -0.3 is 9.42 Å². The Morgan fingerprint density at radius 3 is 2.77 bits per heavy atom. The second-order valence-electron chi connectivity index (χ2n) is 7.18. The van der Waals surface area contributed by atoms with Crippen LogP contribution in [0.3, 0.4) is 0 Å². The lowest BCUT2D eigenvalue weighted by Crippen LogP contribution is -2.28. The van der Waals surface area contributed by atoms with E-state index in [1.54, 1.807) is 23.2 Å². The van der Waals surface area contributed by atoms with Gasteiger partial charge in [0.1, 0.15) is 5.82 Å². The maximum atomic E-state index is 13.3. The second kappa shape index (κ2) is 8.44. The smallest absolute Gasteiger partial charge is 0.239 e. The second-order valence-corrected chi connectivity index (χ2v) is 7.18. The van der Waals surface area contributed by atoms with Crippen LogP contribution in [0.1, 0.15) is 24.7 Å². The zero-order valence-corrected chi connectivity index (χ0v) is 16.5. The molecule has 0 aliphatic carbocycles. The summed E-state index contributed by atoms with van der Waals surface area (Å²) in [5, 5.41) is 6.80. The molecule has 3 heterocycles. The predicted molar refractivity (Wildman–Crippen MR) is 108 cm³/mol. The first-order valence-electron chi connectivity index (χ1n) is 9.78.